The number of carbonyl (C=O) groups excluding carboxylic acids is 1. The Morgan fingerprint density at radius 3 is 2.77 bits per heavy atom. The van der Waals surface area contributed by atoms with Crippen molar-refractivity contribution >= 4 is 5.91 Å². The van der Waals surface area contributed by atoms with Crippen molar-refractivity contribution in [2.24, 2.45) is 0 Å². The predicted octanol–water partition coefficient (Wildman–Crippen LogP) is 2.21. The Morgan fingerprint density at radius 1 is 1.32 bits per heavy atom. The number of hydrogen-bond acceptors (Lipinski definition) is 3. The van der Waals surface area contributed by atoms with Crippen LogP contribution in [0.5, 0.6) is 0 Å². The first-order valence-electron chi connectivity index (χ1n) is 7.71. The summed E-state index contributed by atoms with van der Waals surface area (Å²) < 4.78 is 1.85. The third-order valence-corrected chi connectivity index (χ3v) is 4.21. The molecule has 1 saturated carbocycles. The van der Waals surface area contributed by atoms with Gasteiger partial charge in [-0.1, -0.05) is 11.6 Å². The number of amides is 1. The molecule has 22 heavy (non-hydrogen) atoms. The van der Waals surface area contributed by atoms with Gasteiger partial charge in [-0.3, -0.25) is 4.79 Å². The van der Waals surface area contributed by atoms with Crippen LogP contribution in [0.4, 0.5) is 0 Å². The smallest absolute Gasteiger partial charge is 0.253 e. The van der Waals surface area contributed by atoms with Gasteiger partial charge in [0.25, 0.3) is 5.91 Å². The van der Waals surface area contributed by atoms with Crippen molar-refractivity contribution in [3.63, 3.8) is 0 Å². The van der Waals surface area contributed by atoms with Crippen LogP contribution >= 0.6 is 0 Å². The number of nitrogens with zero attached hydrogens (tertiary/aromatic N) is 2. The van der Waals surface area contributed by atoms with Crippen LogP contribution in [0.2, 0.25) is 0 Å². The quantitative estimate of drug-likeness (QED) is 0.913. The van der Waals surface area contributed by atoms with E-state index in [-0.39, 0.29) is 18.1 Å². The van der Waals surface area contributed by atoms with Gasteiger partial charge in [0.1, 0.15) is 0 Å². The molecule has 3 rings (SSSR count). The number of aliphatic hydroxyl groups is 1. The number of aryl methyl sites for hydroxylation is 1. The lowest BCUT2D eigenvalue weighted by molar-refractivity contribution is 0.0867. The molecule has 5 nitrogen and oxygen atoms in total. The van der Waals surface area contributed by atoms with Gasteiger partial charge in [0.05, 0.1) is 23.7 Å². The van der Waals surface area contributed by atoms with E-state index in [2.05, 4.69) is 10.3 Å². The summed E-state index contributed by atoms with van der Waals surface area (Å²) in [4.78, 5) is 16.7. The lowest BCUT2D eigenvalue weighted by Gasteiger charge is -2.26. The van der Waals surface area contributed by atoms with Gasteiger partial charge in [0, 0.05) is 18.4 Å². The second-order valence-corrected chi connectivity index (χ2v) is 5.97. The van der Waals surface area contributed by atoms with Crippen molar-refractivity contribution < 1.29 is 9.90 Å². The minimum atomic E-state index is -0.214. The van der Waals surface area contributed by atoms with Crippen molar-refractivity contribution in [1.29, 1.82) is 0 Å². The van der Waals surface area contributed by atoms with Gasteiger partial charge in [0.15, 0.2) is 0 Å². The lowest BCUT2D eigenvalue weighted by atomic mass is 9.93. The number of imidazole rings is 1. The number of nitrogens with one attached hydrogen (secondary N) is 1. The summed E-state index contributed by atoms with van der Waals surface area (Å²) in [5, 5.41) is 12.7. The van der Waals surface area contributed by atoms with E-state index in [4.69, 9.17) is 0 Å². The van der Waals surface area contributed by atoms with Gasteiger partial charge in [0.2, 0.25) is 0 Å². The van der Waals surface area contributed by atoms with E-state index < -0.39 is 0 Å². The van der Waals surface area contributed by atoms with E-state index in [9.17, 15) is 9.90 Å². The highest BCUT2D eigenvalue weighted by atomic mass is 16.3. The molecule has 116 valence electrons. The maximum Gasteiger partial charge on any atom is 0.253 e. The monoisotopic (exact) mass is 299 g/mol. The summed E-state index contributed by atoms with van der Waals surface area (Å²) in [6.45, 7) is 1.98. The molecule has 0 bridgehead atoms. The van der Waals surface area contributed by atoms with Crippen LogP contribution in [-0.2, 0) is 0 Å². The Morgan fingerprint density at radius 2 is 2.09 bits per heavy atom. The standard InChI is InChI=1S/C17H21N3O2/c1-12-2-7-16(20-9-8-18-11-20)15(10-12)17(22)19-13-3-5-14(21)6-4-13/h2,7-11,13-14,21H,3-6H2,1H3,(H,19,22). The normalized spacial score (nSPS) is 21.5. The van der Waals surface area contributed by atoms with Crippen molar-refractivity contribution in [3.8, 4) is 5.69 Å². The average molecular weight is 299 g/mol. The van der Waals surface area contributed by atoms with Crippen LogP contribution in [0.1, 0.15) is 41.6 Å². The zero-order chi connectivity index (χ0) is 15.5. The molecule has 0 spiro atoms. The Balaban J connectivity index is 1.81. The van der Waals surface area contributed by atoms with Crippen molar-refractivity contribution in [3.05, 3.63) is 48.0 Å². The number of hydrogen-bond donors (Lipinski definition) is 2. The highest BCUT2D eigenvalue weighted by molar-refractivity contribution is 5.98. The van der Waals surface area contributed by atoms with Gasteiger partial charge < -0.3 is 15.0 Å². The number of aromatic nitrogens is 2. The van der Waals surface area contributed by atoms with Gasteiger partial charge in [-0.2, -0.15) is 0 Å². The number of benzene rings is 1. The molecule has 1 amide bonds. The Hall–Kier alpha value is -2.14. The molecule has 1 aromatic carbocycles. The molecule has 0 radical (unpaired) electrons. The summed E-state index contributed by atoms with van der Waals surface area (Å²) in [5.74, 6) is -0.0613. The molecule has 0 saturated heterocycles. The molecule has 1 fully saturated rings. The highest BCUT2D eigenvalue weighted by Crippen LogP contribution is 2.21. The highest BCUT2D eigenvalue weighted by Gasteiger charge is 2.22. The van der Waals surface area contributed by atoms with Crippen LogP contribution in [-0.4, -0.2) is 32.7 Å². The lowest BCUT2D eigenvalue weighted by Crippen LogP contribution is -2.39. The average Bonchev–Trinajstić information content (AvgIpc) is 3.03. The molecule has 1 heterocycles. The van der Waals surface area contributed by atoms with Crippen LogP contribution in [0.15, 0.2) is 36.9 Å². The minimum absolute atomic E-state index is 0.0613. The zero-order valence-electron chi connectivity index (χ0n) is 12.7. The SMILES string of the molecule is Cc1ccc(-n2ccnc2)c(C(=O)NC2CCC(O)CC2)c1. The van der Waals surface area contributed by atoms with Crippen LogP contribution < -0.4 is 5.32 Å². The molecule has 0 unspecified atom stereocenters. The van der Waals surface area contributed by atoms with E-state index in [1.807, 2.05) is 35.9 Å². The second kappa shape index (κ2) is 6.32. The van der Waals surface area contributed by atoms with Crippen molar-refractivity contribution in [2.75, 3.05) is 0 Å². The van der Waals surface area contributed by atoms with E-state index in [0.717, 1.165) is 36.9 Å². The molecule has 0 atom stereocenters. The third-order valence-electron chi connectivity index (χ3n) is 4.21. The molecule has 2 N–H and O–H groups in total. The summed E-state index contributed by atoms with van der Waals surface area (Å²) in [6, 6.07) is 5.98. The number of rotatable bonds is 3. The van der Waals surface area contributed by atoms with E-state index in [1.54, 1.807) is 12.5 Å². The Labute approximate surface area is 130 Å². The third kappa shape index (κ3) is 3.20. The first kappa shape index (κ1) is 14.8. The summed E-state index contributed by atoms with van der Waals surface area (Å²) in [7, 11) is 0. The Kier molecular flexibility index (Phi) is 4.24. The number of aliphatic hydroxyl groups excluding tert-OH is 1. The van der Waals surface area contributed by atoms with Gasteiger partial charge in [-0.05, 0) is 44.7 Å². The van der Waals surface area contributed by atoms with E-state index in [0.29, 0.717) is 5.56 Å². The fourth-order valence-electron chi connectivity index (χ4n) is 2.94. The largest absolute Gasteiger partial charge is 0.393 e. The summed E-state index contributed by atoms with van der Waals surface area (Å²) in [6.07, 6.45) is 8.19. The van der Waals surface area contributed by atoms with Crippen LogP contribution in [0, 0.1) is 6.92 Å². The van der Waals surface area contributed by atoms with Crippen LogP contribution in [0.25, 0.3) is 5.69 Å². The molecule has 1 aliphatic rings. The van der Waals surface area contributed by atoms with Gasteiger partial charge >= 0.3 is 0 Å². The molecular weight excluding hydrogens is 278 g/mol. The first-order valence-corrected chi connectivity index (χ1v) is 7.71. The van der Waals surface area contributed by atoms with Crippen LogP contribution in [0.3, 0.4) is 0 Å². The molecule has 0 aliphatic heterocycles. The fraction of sp³-hybridized carbons (Fsp3) is 0.412. The van der Waals surface area contributed by atoms with Crippen molar-refractivity contribution in [2.45, 2.75) is 44.8 Å². The zero-order valence-corrected chi connectivity index (χ0v) is 12.7. The second-order valence-electron chi connectivity index (χ2n) is 5.97. The van der Waals surface area contributed by atoms with Gasteiger partial charge in [-0.25, -0.2) is 4.98 Å². The summed E-state index contributed by atoms with van der Waals surface area (Å²) in [5.41, 5.74) is 2.54. The molecule has 1 aromatic heterocycles. The molecule has 5 heteroatoms. The van der Waals surface area contributed by atoms with Gasteiger partial charge in [-0.15, -0.1) is 0 Å². The molecular formula is C17H21N3O2. The maximum absolute atomic E-state index is 12.7. The maximum atomic E-state index is 12.7. The van der Waals surface area contributed by atoms with E-state index >= 15 is 0 Å². The minimum Gasteiger partial charge on any atom is -0.393 e. The van der Waals surface area contributed by atoms with E-state index in [1.165, 1.54) is 0 Å². The Bertz CT molecular complexity index is 644. The molecule has 2 aromatic rings. The first-order chi connectivity index (χ1) is 10.6. The topological polar surface area (TPSA) is 67.2 Å². The number of carbonyl (C=O) groups is 1. The fourth-order valence-corrected chi connectivity index (χ4v) is 2.94. The van der Waals surface area contributed by atoms with Crippen molar-refractivity contribution in [1.82, 2.24) is 14.9 Å². The molecule has 1 aliphatic carbocycles. The predicted molar refractivity (Wildman–Crippen MR) is 84.0 cm³/mol. The summed E-state index contributed by atoms with van der Waals surface area (Å²) >= 11 is 0.